The smallest absolute Gasteiger partial charge is 0.232 e. The fourth-order valence-corrected chi connectivity index (χ4v) is 11.3. The second-order valence-corrected chi connectivity index (χ2v) is 19.9. The Labute approximate surface area is 446 Å². The van der Waals surface area contributed by atoms with Crippen LogP contribution in [0.4, 0.5) is 11.4 Å². The van der Waals surface area contributed by atoms with Crippen LogP contribution in [0.3, 0.4) is 0 Å². The minimum atomic E-state index is -0.796. The highest BCUT2D eigenvalue weighted by atomic mass is 35.5. The van der Waals surface area contributed by atoms with Crippen LogP contribution in [0.1, 0.15) is 71.9 Å². The molecule has 2 atom stereocenters. The molecule has 10 nitrogen and oxygen atoms in total. The Morgan fingerprint density at radius 2 is 0.840 bits per heavy atom. The molecule has 2 fully saturated rings. The summed E-state index contributed by atoms with van der Waals surface area (Å²) in [5.41, 5.74) is 8.37. The molecule has 0 spiro atoms. The van der Waals surface area contributed by atoms with Gasteiger partial charge in [0.1, 0.15) is 17.2 Å². The van der Waals surface area contributed by atoms with Crippen molar-refractivity contribution in [2.45, 2.75) is 49.7 Å². The Kier molecular flexibility index (Phi) is 13.3. The molecule has 13 rings (SSSR count). The number of rotatable bonds is 9. The lowest BCUT2D eigenvalue weighted by molar-refractivity contribution is 0.161. The van der Waals surface area contributed by atoms with Crippen LogP contribution in [0.2, 0.25) is 10.6 Å². The van der Waals surface area contributed by atoms with Crippen LogP contribution in [0.25, 0.3) is 34.0 Å². The van der Waals surface area contributed by atoms with Crippen LogP contribution in [0.15, 0.2) is 176 Å². The maximum atomic E-state index is 6.98. The number of methoxy groups -OCH3 is 1. The molecule has 374 valence electrons. The third kappa shape index (κ3) is 9.38. The van der Waals surface area contributed by atoms with Crippen molar-refractivity contribution >= 4 is 68.5 Å². The quantitative estimate of drug-likeness (QED) is 0.130. The minimum absolute atomic E-state index is 0.131. The number of benzene rings is 7. The van der Waals surface area contributed by atoms with Crippen LogP contribution in [0.5, 0.6) is 29.0 Å². The van der Waals surface area contributed by atoms with Gasteiger partial charge in [0, 0.05) is 70.9 Å². The summed E-state index contributed by atoms with van der Waals surface area (Å²) in [5, 5.41) is 1.82. The molecular weight excluding hydrogens is 976 g/mol. The van der Waals surface area contributed by atoms with Crippen LogP contribution >= 0.6 is 23.2 Å². The van der Waals surface area contributed by atoms with Crippen LogP contribution in [0, 0.1) is 0 Å². The summed E-state index contributed by atoms with van der Waals surface area (Å²) >= 11 is 12.4. The minimum Gasteiger partial charge on any atom is -0.480 e. The van der Waals surface area contributed by atoms with E-state index in [2.05, 4.69) is 127 Å². The summed E-state index contributed by atoms with van der Waals surface area (Å²) in [7, 11) is 1.59. The average molecular weight is 1030 g/mol. The van der Waals surface area contributed by atoms with Crippen molar-refractivity contribution < 1.29 is 18.9 Å². The highest BCUT2D eigenvalue weighted by Crippen LogP contribution is 2.48. The predicted molar refractivity (Wildman–Crippen MR) is 301 cm³/mol. The average Bonchev–Trinajstić information content (AvgIpc) is 3.50. The van der Waals surface area contributed by atoms with Crippen molar-refractivity contribution in [1.82, 2.24) is 19.9 Å². The van der Waals surface area contributed by atoms with Gasteiger partial charge in [0.05, 0.1) is 28.9 Å². The topological polar surface area (TPSA) is 95.0 Å². The molecule has 0 radical (unpaired) electrons. The number of aromatic nitrogens is 4. The lowest BCUT2D eigenvalue weighted by Gasteiger charge is -2.37. The van der Waals surface area contributed by atoms with Gasteiger partial charge in [-0.2, -0.15) is 9.97 Å². The van der Waals surface area contributed by atoms with Gasteiger partial charge in [-0.15, -0.1) is 0 Å². The Morgan fingerprint density at radius 1 is 0.440 bits per heavy atom. The summed E-state index contributed by atoms with van der Waals surface area (Å²) in [5.74, 6) is 2.97. The molecule has 12 heteroatoms. The largest absolute Gasteiger partial charge is 0.480 e. The molecule has 0 bridgehead atoms. The van der Waals surface area contributed by atoms with E-state index in [0.29, 0.717) is 28.5 Å². The molecular formula is C63H54Cl2N6O4. The lowest BCUT2D eigenvalue weighted by Crippen LogP contribution is -2.34. The summed E-state index contributed by atoms with van der Waals surface area (Å²) in [6, 6.07) is 55.6. The van der Waals surface area contributed by atoms with Crippen molar-refractivity contribution in [1.29, 1.82) is 0 Å². The molecule has 2 saturated heterocycles. The fourth-order valence-electron chi connectivity index (χ4n) is 11.0. The summed E-state index contributed by atoms with van der Waals surface area (Å²) < 4.78 is 25.6. The first kappa shape index (κ1) is 48.0. The van der Waals surface area contributed by atoms with E-state index < -0.39 is 11.2 Å². The van der Waals surface area contributed by atoms with Crippen LogP contribution in [-0.2, 0) is 11.2 Å². The number of hydrogen-bond acceptors (Lipinski definition) is 10. The maximum absolute atomic E-state index is 6.98. The van der Waals surface area contributed by atoms with Crippen molar-refractivity contribution in [3.63, 3.8) is 0 Å². The number of hydrogen-bond donors (Lipinski definition) is 0. The molecule has 2 unspecified atom stereocenters. The normalized spacial score (nSPS) is 18.8. The molecule has 9 aromatic rings. The molecule has 7 aromatic carbocycles. The highest BCUT2D eigenvalue weighted by Gasteiger charge is 2.40. The Hall–Kier alpha value is -7.92. The van der Waals surface area contributed by atoms with E-state index in [0.717, 1.165) is 81.8 Å². The monoisotopic (exact) mass is 1030 g/mol. The second-order valence-electron chi connectivity index (χ2n) is 19.2. The van der Waals surface area contributed by atoms with Crippen molar-refractivity contribution in [2.24, 2.45) is 0 Å². The lowest BCUT2D eigenvalue weighted by atomic mass is 9.83. The zero-order valence-electron chi connectivity index (χ0n) is 41.5. The first-order chi connectivity index (χ1) is 36.9. The van der Waals surface area contributed by atoms with E-state index in [4.69, 9.17) is 42.1 Å². The van der Waals surface area contributed by atoms with E-state index in [1.165, 1.54) is 49.9 Å². The number of halogens is 2. The second kappa shape index (κ2) is 20.8. The Bertz CT molecular complexity index is 3560. The molecule has 0 aliphatic carbocycles. The summed E-state index contributed by atoms with van der Waals surface area (Å²) in [4.78, 5) is 22.5. The third-order valence-corrected chi connectivity index (χ3v) is 15.0. The molecule has 2 aromatic heterocycles. The molecule has 0 amide bonds. The van der Waals surface area contributed by atoms with Crippen molar-refractivity contribution in [2.75, 3.05) is 43.1 Å². The maximum Gasteiger partial charge on any atom is 0.232 e. The number of piperidine rings is 2. The van der Waals surface area contributed by atoms with Gasteiger partial charge in [0.2, 0.25) is 22.3 Å². The predicted octanol–water partition coefficient (Wildman–Crippen LogP) is 15.0. The number of ether oxygens (including phenoxy) is 4. The first-order valence-electron chi connectivity index (χ1n) is 25.7. The summed E-state index contributed by atoms with van der Waals surface area (Å²) in [6.07, 6.45) is 16.1. The van der Waals surface area contributed by atoms with Gasteiger partial charge in [0.25, 0.3) is 0 Å². The Balaban J connectivity index is 0.000000153. The molecule has 4 aliphatic rings. The van der Waals surface area contributed by atoms with E-state index in [-0.39, 0.29) is 10.6 Å². The zero-order chi connectivity index (χ0) is 50.8. The van der Waals surface area contributed by atoms with Crippen molar-refractivity contribution in [3.05, 3.63) is 220 Å². The number of anilines is 2. The first-order valence-corrected chi connectivity index (χ1v) is 26.5. The van der Waals surface area contributed by atoms with E-state index in [1.807, 2.05) is 91.0 Å². The van der Waals surface area contributed by atoms with Crippen LogP contribution < -0.4 is 28.7 Å². The van der Waals surface area contributed by atoms with Gasteiger partial charge >= 0.3 is 0 Å². The van der Waals surface area contributed by atoms with Gasteiger partial charge in [0.15, 0.2) is 11.2 Å². The van der Waals surface area contributed by atoms with Gasteiger partial charge in [-0.05, 0) is 147 Å². The number of nitrogens with zero attached hydrogens (tertiary/aromatic N) is 6. The van der Waals surface area contributed by atoms with Gasteiger partial charge in [-0.3, -0.25) is 0 Å². The number of para-hydroxylation sites is 1. The van der Waals surface area contributed by atoms with Gasteiger partial charge < -0.3 is 28.7 Å². The van der Waals surface area contributed by atoms with Crippen molar-refractivity contribution in [3.8, 4) is 29.0 Å². The molecule has 4 aliphatic heterocycles. The summed E-state index contributed by atoms with van der Waals surface area (Å²) in [6.45, 7) is 4.46. The van der Waals surface area contributed by atoms with Gasteiger partial charge in [-0.25, -0.2) is 9.97 Å². The fraction of sp³-hybridized carbons (Fsp3) is 0.206. The van der Waals surface area contributed by atoms with E-state index in [1.54, 1.807) is 7.11 Å². The zero-order valence-corrected chi connectivity index (χ0v) is 43.1. The molecule has 6 heterocycles. The Morgan fingerprint density at radius 3 is 1.28 bits per heavy atom. The standard InChI is InChI=1S/C34H28ClN3O2.C29H26ClN3O2/c35-33-36-29-18-19-30-28(31(29)32(37-33)39-27-12-6-2-7-13-27)20-21-34(40-30,24-10-4-1-5-11-24)25-14-16-26(17-15-25)38-22-8-3-9-23-38;1-34-27-26-23-16-17-29(20-8-4-2-5-9-20,35-25(23)15-14-24(26)31-28(30)32-27)21-10-12-22(13-11-21)33-18-6-3-7-19-33/h1-2,4-7,10-21H,3,8-9,22-23H2;2,4-5,8-17H,3,6-7,18-19H2,1H3. The number of fused-ring (bicyclic) bond motifs is 6. The SMILES string of the molecule is COc1nc(Cl)nc2ccc3c(c12)C=CC(c1ccccc1)(c1ccc(N2CCCCC2)cc1)O3.Clc1nc(Oc2ccccc2)c2c3c(ccc2n1)OC(c1ccccc1)(c1ccc(N2CCCCC2)cc1)C=C3. The van der Waals surface area contributed by atoms with Gasteiger partial charge in [-0.1, -0.05) is 103 Å². The van der Waals surface area contributed by atoms with E-state index in [9.17, 15) is 0 Å². The molecule has 75 heavy (non-hydrogen) atoms. The van der Waals surface area contributed by atoms with E-state index >= 15 is 0 Å². The molecule has 0 N–H and O–H groups in total. The third-order valence-electron chi connectivity index (χ3n) is 14.7. The molecule has 0 saturated carbocycles. The highest BCUT2D eigenvalue weighted by molar-refractivity contribution is 6.29. The van der Waals surface area contributed by atoms with Crippen LogP contribution in [-0.4, -0.2) is 53.2 Å².